The summed E-state index contributed by atoms with van der Waals surface area (Å²) in [5.41, 5.74) is 3.31. The molecule has 21 heavy (non-hydrogen) atoms. The van der Waals surface area contributed by atoms with Gasteiger partial charge in [0.2, 0.25) is 5.91 Å². The van der Waals surface area contributed by atoms with Gasteiger partial charge in [0, 0.05) is 19.7 Å². The first-order valence-corrected chi connectivity index (χ1v) is 7.24. The first-order chi connectivity index (χ1) is 10.1. The summed E-state index contributed by atoms with van der Waals surface area (Å²) in [7, 11) is 3.71. The van der Waals surface area contributed by atoms with Gasteiger partial charge in [0.05, 0.1) is 18.3 Å². The molecule has 2 aromatic rings. The van der Waals surface area contributed by atoms with Crippen LogP contribution < -0.4 is 10.2 Å². The van der Waals surface area contributed by atoms with E-state index in [9.17, 15) is 4.79 Å². The van der Waals surface area contributed by atoms with Crippen molar-refractivity contribution in [3.05, 3.63) is 47.2 Å². The van der Waals surface area contributed by atoms with Crippen LogP contribution in [0.5, 0.6) is 0 Å². The molecule has 0 saturated heterocycles. The summed E-state index contributed by atoms with van der Waals surface area (Å²) in [6, 6.07) is 10.2. The minimum atomic E-state index is -0.00116. The van der Waals surface area contributed by atoms with Crippen LogP contribution in [-0.4, -0.2) is 29.3 Å². The third kappa shape index (κ3) is 2.23. The highest BCUT2D eigenvalue weighted by atomic mass is 16.2. The van der Waals surface area contributed by atoms with Crippen molar-refractivity contribution in [3.63, 3.8) is 0 Å². The highest BCUT2D eigenvalue weighted by molar-refractivity contribution is 5.95. The van der Waals surface area contributed by atoms with Crippen LogP contribution in [0, 0.1) is 0 Å². The van der Waals surface area contributed by atoms with Crippen molar-refractivity contribution in [2.75, 3.05) is 18.5 Å². The molecule has 5 heteroatoms. The summed E-state index contributed by atoms with van der Waals surface area (Å²) in [6.07, 6.45) is 0.843. The van der Waals surface area contributed by atoms with Gasteiger partial charge in [0.15, 0.2) is 0 Å². The molecule has 1 aliphatic heterocycles. The molecule has 2 heterocycles. The van der Waals surface area contributed by atoms with E-state index < -0.39 is 0 Å². The Morgan fingerprint density at radius 3 is 2.67 bits per heavy atom. The molecule has 5 nitrogen and oxygen atoms in total. The molecule has 1 N–H and O–H groups in total. The van der Waals surface area contributed by atoms with Crippen molar-refractivity contribution in [3.8, 4) is 0 Å². The smallest absolute Gasteiger partial charge is 0.241 e. The Hall–Kier alpha value is -2.14. The lowest BCUT2D eigenvalue weighted by atomic mass is 9.97. The number of amides is 1. The Kier molecular flexibility index (Phi) is 3.51. The van der Waals surface area contributed by atoms with Gasteiger partial charge in [-0.2, -0.15) is 5.10 Å². The third-order valence-corrected chi connectivity index (χ3v) is 4.03. The van der Waals surface area contributed by atoms with E-state index in [-0.39, 0.29) is 11.9 Å². The Labute approximate surface area is 124 Å². The van der Waals surface area contributed by atoms with Crippen LogP contribution in [0.3, 0.4) is 0 Å². The van der Waals surface area contributed by atoms with Gasteiger partial charge in [0.1, 0.15) is 5.82 Å². The second-order valence-electron chi connectivity index (χ2n) is 5.34. The van der Waals surface area contributed by atoms with Crippen molar-refractivity contribution in [1.29, 1.82) is 0 Å². The number of anilines is 1. The van der Waals surface area contributed by atoms with Gasteiger partial charge in [0.25, 0.3) is 0 Å². The average Bonchev–Trinajstić information content (AvgIpc) is 2.77. The quantitative estimate of drug-likeness (QED) is 0.912. The summed E-state index contributed by atoms with van der Waals surface area (Å²) in [6.45, 7) is 2.42. The Morgan fingerprint density at radius 1 is 1.29 bits per heavy atom. The Morgan fingerprint density at radius 2 is 2.00 bits per heavy atom. The van der Waals surface area contributed by atoms with E-state index in [4.69, 9.17) is 0 Å². The predicted molar refractivity (Wildman–Crippen MR) is 82.3 cm³/mol. The Bertz CT molecular complexity index is 662. The number of carbonyl (C=O) groups is 1. The first kappa shape index (κ1) is 13.8. The minimum absolute atomic E-state index is 0.00116. The van der Waals surface area contributed by atoms with Crippen molar-refractivity contribution < 1.29 is 4.79 Å². The van der Waals surface area contributed by atoms with Gasteiger partial charge >= 0.3 is 0 Å². The molecule has 1 atom stereocenters. The van der Waals surface area contributed by atoms with E-state index in [0.717, 1.165) is 29.1 Å². The van der Waals surface area contributed by atoms with Crippen molar-refractivity contribution in [1.82, 2.24) is 15.1 Å². The zero-order chi connectivity index (χ0) is 15.0. The number of carbonyl (C=O) groups excluding carboxylic acids is 1. The standard InChI is InChI=1S/C16H20N4O/c1-4-12-14-15(11-8-6-5-7-9-11)17-10-13(21)19(2)16(14)20(3)18-12/h5-9,15,17H,4,10H2,1-3H3. The van der Waals surface area contributed by atoms with E-state index in [2.05, 4.69) is 29.5 Å². The molecule has 110 valence electrons. The SMILES string of the molecule is CCc1nn(C)c2c1C(c1ccccc1)NCC(=O)N2C. The van der Waals surface area contributed by atoms with Crippen LogP contribution in [0.2, 0.25) is 0 Å². The summed E-state index contributed by atoms with van der Waals surface area (Å²) in [5, 5.41) is 7.97. The van der Waals surface area contributed by atoms with Gasteiger partial charge < -0.3 is 0 Å². The van der Waals surface area contributed by atoms with Gasteiger partial charge in [-0.15, -0.1) is 0 Å². The maximum Gasteiger partial charge on any atom is 0.241 e. The molecular weight excluding hydrogens is 264 g/mol. The molecule has 0 saturated carbocycles. The lowest BCUT2D eigenvalue weighted by Crippen LogP contribution is -2.34. The number of nitrogens with one attached hydrogen (secondary N) is 1. The van der Waals surface area contributed by atoms with E-state index in [1.54, 1.807) is 4.90 Å². The van der Waals surface area contributed by atoms with Gasteiger partial charge in [-0.1, -0.05) is 37.3 Å². The number of hydrogen-bond acceptors (Lipinski definition) is 3. The fourth-order valence-electron chi connectivity index (χ4n) is 3.00. The molecule has 1 amide bonds. The maximum absolute atomic E-state index is 12.2. The highest BCUT2D eigenvalue weighted by Crippen LogP contribution is 2.35. The topological polar surface area (TPSA) is 50.2 Å². The monoisotopic (exact) mass is 284 g/mol. The molecule has 0 fully saturated rings. The van der Waals surface area contributed by atoms with Crippen LogP contribution in [0.25, 0.3) is 0 Å². The van der Waals surface area contributed by atoms with Gasteiger partial charge in [-0.3, -0.25) is 19.7 Å². The normalized spacial score (nSPS) is 18.5. The second kappa shape index (κ2) is 5.33. The number of benzene rings is 1. The molecule has 1 aromatic heterocycles. The molecule has 3 rings (SSSR count). The third-order valence-electron chi connectivity index (χ3n) is 4.03. The van der Waals surface area contributed by atoms with E-state index in [1.165, 1.54) is 0 Å². The number of aryl methyl sites for hydroxylation is 2. The van der Waals surface area contributed by atoms with E-state index >= 15 is 0 Å². The largest absolute Gasteiger partial charge is 0.299 e. The number of hydrogen-bond donors (Lipinski definition) is 1. The summed E-state index contributed by atoms with van der Waals surface area (Å²) in [5.74, 6) is 0.941. The zero-order valence-electron chi connectivity index (χ0n) is 12.6. The molecule has 0 bridgehead atoms. The van der Waals surface area contributed by atoms with Gasteiger partial charge in [-0.25, -0.2) is 0 Å². The van der Waals surface area contributed by atoms with E-state index in [0.29, 0.717) is 6.54 Å². The second-order valence-corrected chi connectivity index (χ2v) is 5.34. The van der Waals surface area contributed by atoms with Crippen molar-refractivity contribution in [2.45, 2.75) is 19.4 Å². The molecule has 1 unspecified atom stereocenters. The maximum atomic E-state index is 12.2. The summed E-state index contributed by atoms with van der Waals surface area (Å²) < 4.78 is 1.81. The highest BCUT2D eigenvalue weighted by Gasteiger charge is 2.32. The molecule has 1 aromatic carbocycles. The van der Waals surface area contributed by atoms with Crippen LogP contribution >= 0.6 is 0 Å². The predicted octanol–water partition coefficient (Wildman–Crippen LogP) is 1.64. The minimum Gasteiger partial charge on any atom is -0.299 e. The van der Waals surface area contributed by atoms with Crippen LogP contribution in [0.4, 0.5) is 5.82 Å². The lowest BCUT2D eigenvalue weighted by Gasteiger charge is -2.18. The number of nitrogens with zero attached hydrogens (tertiary/aromatic N) is 3. The van der Waals surface area contributed by atoms with Crippen LogP contribution in [0.1, 0.15) is 29.8 Å². The fourth-order valence-corrected chi connectivity index (χ4v) is 3.00. The first-order valence-electron chi connectivity index (χ1n) is 7.24. The van der Waals surface area contributed by atoms with Crippen LogP contribution in [-0.2, 0) is 18.3 Å². The van der Waals surface area contributed by atoms with Crippen molar-refractivity contribution in [2.24, 2.45) is 7.05 Å². The zero-order valence-corrected chi connectivity index (χ0v) is 12.6. The number of rotatable bonds is 2. The number of aromatic nitrogens is 2. The summed E-state index contributed by atoms with van der Waals surface area (Å²) in [4.78, 5) is 13.9. The Balaban J connectivity index is 2.21. The van der Waals surface area contributed by atoms with Gasteiger partial charge in [-0.05, 0) is 12.0 Å². The molecule has 0 aliphatic carbocycles. The lowest BCUT2D eigenvalue weighted by molar-refractivity contribution is -0.117. The average molecular weight is 284 g/mol. The van der Waals surface area contributed by atoms with Crippen molar-refractivity contribution >= 4 is 11.7 Å². The number of likely N-dealkylation sites (N-methyl/N-ethyl adjacent to an activating group) is 1. The number of fused-ring (bicyclic) bond motifs is 1. The summed E-state index contributed by atoms with van der Waals surface area (Å²) >= 11 is 0. The van der Waals surface area contributed by atoms with Crippen LogP contribution in [0.15, 0.2) is 30.3 Å². The molecular formula is C16H20N4O. The molecule has 0 spiro atoms. The van der Waals surface area contributed by atoms with E-state index in [1.807, 2.05) is 37.0 Å². The fraction of sp³-hybridized carbons (Fsp3) is 0.375. The molecule has 0 radical (unpaired) electrons. The molecule has 1 aliphatic rings.